The molecular weight excluding hydrogens is 300 g/mol. The van der Waals surface area contributed by atoms with E-state index < -0.39 is 0 Å². The molecule has 0 saturated carbocycles. The van der Waals surface area contributed by atoms with Crippen molar-refractivity contribution < 1.29 is 0 Å². The van der Waals surface area contributed by atoms with E-state index in [1.807, 2.05) is 6.92 Å². The third-order valence-electron chi connectivity index (χ3n) is 5.94. The van der Waals surface area contributed by atoms with E-state index in [1.165, 1.54) is 49.3 Å². The summed E-state index contributed by atoms with van der Waals surface area (Å²) in [5, 5.41) is 7.82. The first kappa shape index (κ1) is 14.4. The summed E-state index contributed by atoms with van der Waals surface area (Å²) in [5.41, 5.74) is 5.23. The molecule has 3 aliphatic rings. The predicted octanol–water partition coefficient (Wildman–Crippen LogP) is 1.57. The van der Waals surface area contributed by atoms with Crippen molar-refractivity contribution in [2.75, 3.05) is 31.1 Å². The molecule has 2 aromatic rings. The van der Waals surface area contributed by atoms with Crippen molar-refractivity contribution in [3.05, 3.63) is 35.0 Å². The van der Waals surface area contributed by atoms with Crippen LogP contribution in [-0.2, 0) is 19.4 Å². The van der Waals surface area contributed by atoms with Gasteiger partial charge in [0.05, 0.1) is 5.69 Å². The minimum Gasteiger partial charge on any atom is -0.356 e. The van der Waals surface area contributed by atoms with Crippen molar-refractivity contribution in [3.63, 3.8) is 0 Å². The Hall–Kier alpha value is -1.95. The summed E-state index contributed by atoms with van der Waals surface area (Å²) >= 11 is 0. The predicted molar refractivity (Wildman–Crippen MR) is 91.9 cm³/mol. The van der Waals surface area contributed by atoms with Gasteiger partial charge in [-0.2, -0.15) is 5.10 Å². The van der Waals surface area contributed by atoms with Crippen LogP contribution in [0.25, 0.3) is 0 Å². The number of hydrogen-bond donors (Lipinski definition) is 1. The highest BCUT2D eigenvalue weighted by molar-refractivity contribution is 5.40. The van der Waals surface area contributed by atoms with E-state index in [1.54, 1.807) is 6.33 Å². The van der Waals surface area contributed by atoms with Gasteiger partial charge in [0, 0.05) is 50.2 Å². The maximum absolute atomic E-state index is 4.57. The summed E-state index contributed by atoms with van der Waals surface area (Å²) in [6, 6.07) is 2.10. The molecule has 2 unspecified atom stereocenters. The zero-order valence-electron chi connectivity index (χ0n) is 14.2. The second-order valence-corrected chi connectivity index (χ2v) is 7.62. The van der Waals surface area contributed by atoms with Gasteiger partial charge in [0.2, 0.25) is 0 Å². The molecule has 2 fully saturated rings. The van der Waals surface area contributed by atoms with Crippen molar-refractivity contribution in [2.24, 2.45) is 11.8 Å². The zero-order chi connectivity index (χ0) is 16.1. The molecule has 0 bridgehead atoms. The number of aryl methyl sites for hydroxylation is 2. The summed E-state index contributed by atoms with van der Waals surface area (Å²) in [4.78, 5) is 13.7. The first-order chi connectivity index (χ1) is 11.8. The Labute approximate surface area is 142 Å². The standard InChI is InChI=1S/C18H24N6/c1-12-5-18(20-11-19-12)24-8-13-6-23(7-14(13)9-24)10-17-15-3-2-4-16(15)21-22-17/h5,11,13-14H,2-4,6-10H2,1H3,(H,21,22). The largest absolute Gasteiger partial charge is 0.356 e. The number of hydrogen-bond acceptors (Lipinski definition) is 5. The maximum atomic E-state index is 4.57. The van der Waals surface area contributed by atoms with Crippen LogP contribution in [0.1, 0.15) is 29.1 Å². The van der Waals surface area contributed by atoms with Gasteiger partial charge in [-0.3, -0.25) is 10.00 Å². The number of aromatic nitrogens is 4. The van der Waals surface area contributed by atoms with E-state index >= 15 is 0 Å². The highest BCUT2D eigenvalue weighted by atomic mass is 15.3. The third kappa shape index (κ3) is 2.40. The summed E-state index contributed by atoms with van der Waals surface area (Å²) in [5.74, 6) is 2.60. The number of H-pyrrole nitrogens is 1. The fraction of sp³-hybridized carbons (Fsp3) is 0.611. The van der Waals surface area contributed by atoms with Crippen molar-refractivity contribution in [3.8, 4) is 0 Å². The van der Waals surface area contributed by atoms with E-state index in [9.17, 15) is 0 Å². The number of aromatic amines is 1. The molecule has 2 aliphatic heterocycles. The first-order valence-corrected chi connectivity index (χ1v) is 9.07. The Bertz CT molecular complexity index is 740. The monoisotopic (exact) mass is 324 g/mol. The quantitative estimate of drug-likeness (QED) is 0.928. The molecule has 2 aromatic heterocycles. The fourth-order valence-corrected chi connectivity index (χ4v) is 4.75. The fourth-order valence-electron chi connectivity index (χ4n) is 4.75. The molecule has 2 atom stereocenters. The molecule has 6 heteroatoms. The van der Waals surface area contributed by atoms with Crippen LogP contribution in [0.4, 0.5) is 5.82 Å². The molecule has 1 N–H and O–H groups in total. The normalized spacial score (nSPS) is 26.1. The summed E-state index contributed by atoms with van der Waals surface area (Å²) < 4.78 is 0. The van der Waals surface area contributed by atoms with Crippen LogP contribution >= 0.6 is 0 Å². The molecule has 5 rings (SSSR count). The second-order valence-electron chi connectivity index (χ2n) is 7.62. The third-order valence-corrected chi connectivity index (χ3v) is 5.94. The second kappa shape index (κ2) is 5.55. The molecule has 6 nitrogen and oxygen atoms in total. The lowest BCUT2D eigenvalue weighted by Gasteiger charge is -2.22. The molecule has 0 radical (unpaired) electrons. The van der Waals surface area contributed by atoms with Gasteiger partial charge < -0.3 is 4.90 Å². The minimum atomic E-state index is 0.757. The Kier molecular flexibility index (Phi) is 3.33. The van der Waals surface area contributed by atoms with Crippen molar-refractivity contribution >= 4 is 5.82 Å². The van der Waals surface area contributed by atoms with Crippen LogP contribution in [-0.4, -0.2) is 51.2 Å². The number of rotatable bonds is 3. The first-order valence-electron chi connectivity index (χ1n) is 9.07. The van der Waals surface area contributed by atoms with Crippen molar-refractivity contribution in [1.29, 1.82) is 0 Å². The average Bonchev–Trinajstić information content (AvgIpc) is 3.29. The van der Waals surface area contributed by atoms with Crippen LogP contribution in [0.15, 0.2) is 12.4 Å². The highest BCUT2D eigenvalue weighted by Gasteiger charge is 2.40. The Morgan fingerprint density at radius 3 is 2.75 bits per heavy atom. The zero-order valence-corrected chi connectivity index (χ0v) is 14.2. The van der Waals surface area contributed by atoms with Gasteiger partial charge in [-0.25, -0.2) is 9.97 Å². The van der Waals surface area contributed by atoms with Gasteiger partial charge >= 0.3 is 0 Å². The van der Waals surface area contributed by atoms with Crippen LogP contribution in [0.5, 0.6) is 0 Å². The lowest BCUT2D eigenvalue weighted by molar-refractivity contribution is 0.304. The lowest BCUT2D eigenvalue weighted by Crippen LogP contribution is -2.29. The summed E-state index contributed by atoms with van der Waals surface area (Å²) in [7, 11) is 0. The van der Waals surface area contributed by atoms with Crippen molar-refractivity contribution in [2.45, 2.75) is 32.7 Å². The minimum absolute atomic E-state index is 0.757. The molecule has 0 amide bonds. The van der Waals surface area contributed by atoms with Gasteiger partial charge in [-0.05, 0) is 43.6 Å². The van der Waals surface area contributed by atoms with E-state index in [2.05, 4.69) is 36.0 Å². The van der Waals surface area contributed by atoms with Gasteiger partial charge in [0.25, 0.3) is 0 Å². The number of nitrogens with zero attached hydrogens (tertiary/aromatic N) is 5. The summed E-state index contributed by atoms with van der Waals surface area (Å²) in [6.07, 6.45) is 5.36. The smallest absolute Gasteiger partial charge is 0.132 e. The van der Waals surface area contributed by atoms with E-state index in [4.69, 9.17) is 0 Å². The molecule has 24 heavy (non-hydrogen) atoms. The van der Waals surface area contributed by atoms with E-state index in [0.29, 0.717) is 0 Å². The summed E-state index contributed by atoms with van der Waals surface area (Å²) in [6.45, 7) is 7.67. The van der Waals surface area contributed by atoms with Crippen LogP contribution in [0, 0.1) is 18.8 Å². The number of anilines is 1. The molecule has 1 aliphatic carbocycles. The molecule has 2 saturated heterocycles. The van der Waals surface area contributed by atoms with Gasteiger partial charge in [0.15, 0.2) is 0 Å². The van der Waals surface area contributed by atoms with Gasteiger partial charge in [-0.15, -0.1) is 0 Å². The Morgan fingerprint density at radius 1 is 1.12 bits per heavy atom. The number of likely N-dealkylation sites (tertiary alicyclic amines) is 1. The average molecular weight is 324 g/mol. The van der Waals surface area contributed by atoms with Gasteiger partial charge in [0.1, 0.15) is 12.1 Å². The number of fused-ring (bicyclic) bond motifs is 2. The maximum Gasteiger partial charge on any atom is 0.132 e. The topological polar surface area (TPSA) is 60.9 Å². The molecule has 0 aromatic carbocycles. The molecule has 126 valence electrons. The SMILES string of the molecule is Cc1cc(N2CC3CN(Cc4n[nH]c5c4CCC5)CC3C2)ncn1. The Balaban J connectivity index is 1.24. The number of nitrogens with one attached hydrogen (secondary N) is 1. The molecule has 4 heterocycles. The molecular formula is C18H24N6. The van der Waals surface area contributed by atoms with Crippen LogP contribution in [0.2, 0.25) is 0 Å². The van der Waals surface area contributed by atoms with E-state index in [0.717, 1.165) is 43.0 Å². The lowest BCUT2D eigenvalue weighted by atomic mass is 10.0. The Morgan fingerprint density at radius 2 is 1.96 bits per heavy atom. The highest BCUT2D eigenvalue weighted by Crippen LogP contribution is 2.34. The molecule has 0 spiro atoms. The van der Waals surface area contributed by atoms with Crippen LogP contribution in [0.3, 0.4) is 0 Å². The van der Waals surface area contributed by atoms with Gasteiger partial charge in [-0.1, -0.05) is 0 Å². The van der Waals surface area contributed by atoms with E-state index in [-0.39, 0.29) is 0 Å². The van der Waals surface area contributed by atoms with Crippen LogP contribution < -0.4 is 4.90 Å². The van der Waals surface area contributed by atoms with Crippen molar-refractivity contribution in [1.82, 2.24) is 25.1 Å².